The molecule has 0 aliphatic carbocycles. The van der Waals surface area contributed by atoms with Crippen molar-refractivity contribution < 1.29 is 4.79 Å². The summed E-state index contributed by atoms with van der Waals surface area (Å²) in [5.74, 6) is 0.781. The Bertz CT molecular complexity index is 407. The van der Waals surface area contributed by atoms with E-state index >= 15 is 0 Å². The number of benzene rings is 1. The zero-order valence-corrected chi connectivity index (χ0v) is 6.90. The third-order valence-electron chi connectivity index (χ3n) is 1.79. The first kappa shape index (κ1) is 7.73. The first-order chi connectivity index (χ1) is 6.40. The number of nitrogens with zero attached hydrogens (tertiary/aromatic N) is 1. The monoisotopic (exact) mass is 172 g/mol. The summed E-state index contributed by atoms with van der Waals surface area (Å²) in [5.41, 5.74) is 1.59. The summed E-state index contributed by atoms with van der Waals surface area (Å²) in [6, 6.07) is 7.30. The molecule has 3 heteroatoms. The number of carbonyl (C=O) groups is 1. The van der Waals surface area contributed by atoms with Gasteiger partial charge in [-0.15, -0.1) is 0 Å². The molecule has 1 N–H and O–H groups in total. The van der Waals surface area contributed by atoms with E-state index in [-0.39, 0.29) is 0 Å². The number of aldehydes is 1. The largest absolute Gasteiger partial charge is 0.345 e. The van der Waals surface area contributed by atoms with Gasteiger partial charge in [0, 0.05) is 23.5 Å². The molecule has 0 radical (unpaired) electrons. The molecule has 2 rings (SSSR count). The Labute approximate surface area is 75.4 Å². The quantitative estimate of drug-likeness (QED) is 0.703. The van der Waals surface area contributed by atoms with Crippen LogP contribution in [-0.4, -0.2) is 16.3 Å². The van der Waals surface area contributed by atoms with Gasteiger partial charge in [-0.2, -0.15) is 0 Å². The third-order valence-corrected chi connectivity index (χ3v) is 1.79. The highest BCUT2D eigenvalue weighted by Crippen LogP contribution is 2.14. The molecule has 1 heterocycles. The summed E-state index contributed by atoms with van der Waals surface area (Å²) in [5, 5.41) is 0. The van der Waals surface area contributed by atoms with Crippen LogP contribution in [0.5, 0.6) is 0 Å². The molecule has 0 atom stereocenters. The van der Waals surface area contributed by atoms with Gasteiger partial charge in [0.05, 0.1) is 0 Å². The summed E-state index contributed by atoms with van der Waals surface area (Å²) < 4.78 is 0. The molecule has 0 bridgehead atoms. The molecule has 64 valence electrons. The van der Waals surface area contributed by atoms with Crippen LogP contribution < -0.4 is 0 Å². The van der Waals surface area contributed by atoms with Crippen molar-refractivity contribution in [2.24, 2.45) is 0 Å². The van der Waals surface area contributed by atoms with Gasteiger partial charge in [-0.25, -0.2) is 4.98 Å². The van der Waals surface area contributed by atoms with E-state index in [1.807, 2.05) is 12.1 Å². The third kappa shape index (κ3) is 1.49. The summed E-state index contributed by atoms with van der Waals surface area (Å²) in [4.78, 5) is 17.6. The van der Waals surface area contributed by atoms with Gasteiger partial charge >= 0.3 is 0 Å². The van der Waals surface area contributed by atoms with Gasteiger partial charge in [-0.1, -0.05) is 18.2 Å². The van der Waals surface area contributed by atoms with Gasteiger partial charge in [0.25, 0.3) is 0 Å². The Hall–Kier alpha value is -1.90. The minimum atomic E-state index is 0.661. The minimum absolute atomic E-state index is 0.661. The number of hydrogen-bond donors (Lipinski definition) is 1. The van der Waals surface area contributed by atoms with Crippen molar-refractivity contribution in [3.8, 4) is 11.4 Å². The lowest BCUT2D eigenvalue weighted by atomic mass is 10.1. The zero-order chi connectivity index (χ0) is 9.10. The van der Waals surface area contributed by atoms with Crippen LogP contribution in [0.3, 0.4) is 0 Å². The van der Waals surface area contributed by atoms with Gasteiger partial charge in [-0.3, -0.25) is 4.79 Å². The van der Waals surface area contributed by atoms with Crippen LogP contribution in [0.2, 0.25) is 0 Å². The van der Waals surface area contributed by atoms with Gasteiger partial charge in [-0.05, 0) is 6.07 Å². The van der Waals surface area contributed by atoms with Crippen LogP contribution in [0.1, 0.15) is 10.4 Å². The Kier molecular flexibility index (Phi) is 1.92. The van der Waals surface area contributed by atoms with Crippen LogP contribution in [0.4, 0.5) is 0 Å². The van der Waals surface area contributed by atoms with Crippen LogP contribution >= 0.6 is 0 Å². The van der Waals surface area contributed by atoms with Gasteiger partial charge in [0.15, 0.2) is 0 Å². The number of rotatable bonds is 2. The first-order valence-corrected chi connectivity index (χ1v) is 3.95. The molecule has 0 fully saturated rings. The van der Waals surface area contributed by atoms with E-state index in [0.29, 0.717) is 5.56 Å². The molecular formula is C10H8N2O. The smallest absolute Gasteiger partial charge is 0.150 e. The Balaban J connectivity index is 2.47. The van der Waals surface area contributed by atoms with Gasteiger partial charge in [0.2, 0.25) is 0 Å². The lowest BCUT2D eigenvalue weighted by molar-refractivity contribution is 0.112. The van der Waals surface area contributed by atoms with E-state index in [0.717, 1.165) is 17.7 Å². The normalized spacial score (nSPS) is 9.85. The molecule has 0 spiro atoms. The number of hydrogen-bond acceptors (Lipinski definition) is 2. The SMILES string of the molecule is O=Cc1cccc(-c2ncc[nH]2)c1. The molecule has 0 saturated carbocycles. The standard InChI is InChI=1S/C10H8N2O/c13-7-8-2-1-3-9(6-8)10-11-4-5-12-10/h1-7H,(H,11,12). The van der Waals surface area contributed by atoms with Crippen molar-refractivity contribution in [2.75, 3.05) is 0 Å². The van der Waals surface area contributed by atoms with E-state index in [4.69, 9.17) is 0 Å². The number of imidazole rings is 1. The molecule has 2 aromatic rings. The first-order valence-electron chi connectivity index (χ1n) is 3.95. The van der Waals surface area contributed by atoms with Crippen molar-refractivity contribution in [2.45, 2.75) is 0 Å². The van der Waals surface area contributed by atoms with Crippen molar-refractivity contribution in [3.05, 3.63) is 42.2 Å². The highest BCUT2D eigenvalue weighted by atomic mass is 16.1. The molecule has 0 amide bonds. The number of nitrogens with one attached hydrogen (secondary N) is 1. The van der Waals surface area contributed by atoms with Crippen molar-refractivity contribution in [1.29, 1.82) is 0 Å². The molecule has 0 unspecified atom stereocenters. The number of aromatic nitrogens is 2. The lowest BCUT2D eigenvalue weighted by Crippen LogP contribution is -1.83. The second kappa shape index (κ2) is 3.23. The molecule has 0 saturated heterocycles. The lowest BCUT2D eigenvalue weighted by Gasteiger charge is -1.96. The molecule has 1 aromatic heterocycles. The molecule has 1 aromatic carbocycles. The van der Waals surface area contributed by atoms with E-state index in [9.17, 15) is 4.79 Å². The van der Waals surface area contributed by atoms with E-state index in [1.54, 1.807) is 24.5 Å². The summed E-state index contributed by atoms with van der Waals surface area (Å²) in [6.07, 6.45) is 4.26. The fourth-order valence-electron chi connectivity index (χ4n) is 1.18. The van der Waals surface area contributed by atoms with Crippen molar-refractivity contribution in [3.63, 3.8) is 0 Å². The molecule has 0 aliphatic heterocycles. The topological polar surface area (TPSA) is 45.8 Å². The average Bonchev–Trinajstić information content (AvgIpc) is 2.71. The summed E-state index contributed by atoms with van der Waals surface area (Å²) >= 11 is 0. The van der Waals surface area contributed by atoms with Crippen LogP contribution in [0, 0.1) is 0 Å². The summed E-state index contributed by atoms with van der Waals surface area (Å²) in [7, 11) is 0. The highest BCUT2D eigenvalue weighted by molar-refractivity contribution is 5.77. The summed E-state index contributed by atoms with van der Waals surface area (Å²) in [6.45, 7) is 0. The minimum Gasteiger partial charge on any atom is -0.345 e. The van der Waals surface area contributed by atoms with E-state index < -0.39 is 0 Å². The molecular weight excluding hydrogens is 164 g/mol. The molecule has 3 nitrogen and oxygen atoms in total. The fourth-order valence-corrected chi connectivity index (χ4v) is 1.18. The van der Waals surface area contributed by atoms with E-state index in [1.165, 1.54) is 0 Å². The fraction of sp³-hybridized carbons (Fsp3) is 0. The van der Waals surface area contributed by atoms with E-state index in [2.05, 4.69) is 9.97 Å². The molecule has 13 heavy (non-hydrogen) atoms. The average molecular weight is 172 g/mol. The number of carbonyl (C=O) groups excluding carboxylic acids is 1. The second-order valence-electron chi connectivity index (χ2n) is 2.68. The maximum Gasteiger partial charge on any atom is 0.150 e. The van der Waals surface area contributed by atoms with Crippen molar-refractivity contribution >= 4 is 6.29 Å². The van der Waals surface area contributed by atoms with Crippen LogP contribution in [-0.2, 0) is 0 Å². The Morgan fingerprint density at radius 1 is 1.38 bits per heavy atom. The van der Waals surface area contributed by atoms with Crippen LogP contribution in [0.15, 0.2) is 36.7 Å². The number of aromatic amines is 1. The molecule has 0 aliphatic rings. The Morgan fingerprint density at radius 3 is 3.00 bits per heavy atom. The Morgan fingerprint density at radius 2 is 2.31 bits per heavy atom. The van der Waals surface area contributed by atoms with Crippen LogP contribution in [0.25, 0.3) is 11.4 Å². The second-order valence-corrected chi connectivity index (χ2v) is 2.68. The predicted molar refractivity (Wildman–Crippen MR) is 49.4 cm³/mol. The van der Waals surface area contributed by atoms with Gasteiger partial charge < -0.3 is 4.98 Å². The zero-order valence-electron chi connectivity index (χ0n) is 6.90. The maximum absolute atomic E-state index is 10.5. The van der Waals surface area contributed by atoms with Crippen molar-refractivity contribution in [1.82, 2.24) is 9.97 Å². The van der Waals surface area contributed by atoms with Gasteiger partial charge in [0.1, 0.15) is 12.1 Å². The predicted octanol–water partition coefficient (Wildman–Crippen LogP) is 1.89. The highest BCUT2D eigenvalue weighted by Gasteiger charge is 1.99. The maximum atomic E-state index is 10.5. The number of H-pyrrole nitrogens is 1.